The summed E-state index contributed by atoms with van der Waals surface area (Å²) in [6.07, 6.45) is 0. The Morgan fingerprint density at radius 1 is 1.00 bits per heavy atom. The molecule has 2 atom stereocenters. The third kappa shape index (κ3) is 4.34. The van der Waals surface area contributed by atoms with Crippen molar-refractivity contribution in [3.8, 4) is 0 Å². The lowest BCUT2D eigenvalue weighted by atomic mass is 10.2. The van der Waals surface area contributed by atoms with Crippen LogP contribution in [0.25, 0.3) is 0 Å². The van der Waals surface area contributed by atoms with Gasteiger partial charge >= 0.3 is 5.30 Å². The van der Waals surface area contributed by atoms with Crippen LogP contribution in [0.3, 0.4) is 0 Å². The molecule has 4 heteroatoms. The van der Waals surface area contributed by atoms with E-state index in [2.05, 4.69) is 0 Å². The van der Waals surface area contributed by atoms with Crippen LogP contribution in [0.5, 0.6) is 0 Å². The molecule has 19 heavy (non-hydrogen) atoms. The fraction of sp³-hybridized carbons (Fsp3) is 0.133. The van der Waals surface area contributed by atoms with Gasteiger partial charge in [-0.25, -0.2) is 9.00 Å². The van der Waals surface area contributed by atoms with Crippen molar-refractivity contribution in [2.24, 2.45) is 0 Å². The van der Waals surface area contributed by atoms with Gasteiger partial charge in [0.15, 0.2) is 0 Å². The average molecular weight is 275 g/mol. The molecule has 0 saturated carbocycles. The third-order valence-electron chi connectivity index (χ3n) is 2.41. The Labute approximate surface area is 116 Å². The fourth-order valence-corrected chi connectivity index (χ4v) is 2.15. The Morgan fingerprint density at radius 3 is 2.11 bits per heavy atom. The number of hydrogen-bond donors (Lipinski definition) is 0. The molecule has 3 nitrogen and oxygen atoms in total. The molecule has 0 heterocycles. The quantitative estimate of drug-likeness (QED) is 0.804. The van der Waals surface area contributed by atoms with Gasteiger partial charge in [0, 0.05) is 1.37 Å². The normalized spacial score (nSPS) is 14.2. The van der Waals surface area contributed by atoms with Crippen molar-refractivity contribution in [3.05, 3.63) is 71.8 Å². The molecule has 0 saturated heterocycles. The number of rotatable bonds is 4. The van der Waals surface area contributed by atoms with E-state index in [1.54, 1.807) is 30.3 Å². The maximum absolute atomic E-state index is 11.9. The molecule has 0 aliphatic rings. The molecule has 98 valence electrons. The first-order valence-electron chi connectivity index (χ1n) is 6.34. The zero-order valence-electron chi connectivity index (χ0n) is 11.2. The van der Waals surface area contributed by atoms with Gasteiger partial charge in [0.25, 0.3) is 0 Å². The number of ether oxygens (including phenoxy) is 1. The van der Waals surface area contributed by atoms with Crippen molar-refractivity contribution < 1.29 is 15.1 Å². The Kier molecular flexibility index (Phi) is 4.37. The van der Waals surface area contributed by atoms with Crippen LogP contribution in [0, 0.1) is 0 Å². The van der Waals surface area contributed by atoms with Crippen molar-refractivity contribution in [3.63, 3.8) is 0 Å². The van der Waals surface area contributed by atoms with Crippen LogP contribution >= 0.6 is 0 Å². The molecular formula is C15H14O3S. The predicted octanol–water partition coefficient (Wildman–Crippen LogP) is 3.27. The van der Waals surface area contributed by atoms with E-state index >= 15 is 0 Å². The molecule has 0 aromatic heterocycles. The van der Waals surface area contributed by atoms with Crippen LogP contribution in [-0.4, -0.2) is 9.51 Å². The van der Waals surface area contributed by atoms with E-state index in [1.807, 2.05) is 30.3 Å². The highest BCUT2D eigenvalue weighted by molar-refractivity contribution is 7.99. The molecule has 0 spiro atoms. The lowest BCUT2D eigenvalue weighted by molar-refractivity contribution is 0.167. The summed E-state index contributed by atoms with van der Waals surface area (Å²) >= 11 is 0. The van der Waals surface area contributed by atoms with E-state index in [4.69, 9.17) is 6.11 Å². The molecule has 2 aromatic rings. The van der Waals surface area contributed by atoms with Crippen molar-refractivity contribution in [2.45, 2.75) is 12.3 Å². The summed E-state index contributed by atoms with van der Waals surface area (Å²) in [6.45, 7) is 0.0624. The smallest absolute Gasteiger partial charge is 0.398 e. The molecule has 0 bridgehead atoms. The minimum absolute atomic E-state index is 0.0624. The highest BCUT2D eigenvalue weighted by Crippen LogP contribution is 2.07. The van der Waals surface area contributed by atoms with Crippen LogP contribution in [-0.2, 0) is 27.9 Å². The maximum atomic E-state index is 11.9. The summed E-state index contributed by atoms with van der Waals surface area (Å²) in [4.78, 5) is 11.7. The standard InChI is InChI=1S/C15H14O3S/c16-15(18-11-13-7-3-1-4-8-13)19(17)12-14-9-5-2-6-10-14/h1-10H,11-12H2/i12D. The molecule has 2 rings (SSSR count). The topological polar surface area (TPSA) is 43.4 Å². The van der Waals surface area contributed by atoms with Crippen LogP contribution < -0.4 is 0 Å². The number of carbonyl (C=O) groups excluding carboxylic acids is 1. The van der Waals surface area contributed by atoms with Gasteiger partial charge in [-0.2, -0.15) is 0 Å². The van der Waals surface area contributed by atoms with Gasteiger partial charge in [0.05, 0.1) is 5.73 Å². The van der Waals surface area contributed by atoms with Crippen molar-refractivity contribution in [1.82, 2.24) is 0 Å². The summed E-state index contributed by atoms with van der Waals surface area (Å²) in [5.74, 6) is 0. The molecule has 0 aliphatic carbocycles. The van der Waals surface area contributed by atoms with Crippen LogP contribution in [0.4, 0.5) is 4.79 Å². The van der Waals surface area contributed by atoms with Gasteiger partial charge in [-0.15, -0.1) is 0 Å². The lowest BCUT2D eigenvalue weighted by Gasteiger charge is -2.04. The largest absolute Gasteiger partial charge is 0.451 e. The Bertz CT molecular complexity index is 587. The second kappa shape index (κ2) is 6.85. The van der Waals surface area contributed by atoms with Crippen molar-refractivity contribution in [2.75, 3.05) is 0 Å². The van der Waals surface area contributed by atoms with E-state index in [0.717, 1.165) is 5.56 Å². The third-order valence-corrected chi connectivity index (χ3v) is 3.34. The predicted molar refractivity (Wildman–Crippen MR) is 74.9 cm³/mol. The van der Waals surface area contributed by atoms with Crippen molar-refractivity contribution >= 4 is 16.1 Å². The first-order valence-corrected chi connectivity index (χ1v) is 6.98. The molecule has 0 radical (unpaired) electrons. The van der Waals surface area contributed by atoms with Crippen molar-refractivity contribution in [1.29, 1.82) is 0 Å². The summed E-state index contributed by atoms with van der Waals surface area (Å²) in [5, 5.41) is -0.863. The lowest BCUT2D eigenvalue weighted by Crippen LogP contribution is -2.11. The van der Waals surface area contributed by atoms with Gasteiger partial charge in [0.1, 0.15) is 17.4 Å². The van der Waals surface area contributed by atoms with E-state index in [1.165, 1.54) is 0 Å². The van der Waals surface area contributed by atoms with Gasteiger partial charge in [-0.05, 0) is 11.1 Å². The molecule has 2 aromatic carbocycles. The summed E-state index contributed by atoms with van der Waals surface area (Å²) in [6, 6.07) is 17.8. The SMILES string of the molecule is [2H]C(c1ccccc1)S(=O)C(=O)OCc1ccccc1. The summed E-state index contributed by atoms with van der Waals surface area (Å²) in [5.41, 5.74) is 0.223. The molecular weight excluding hydrogens is 260 g/mol. The number of hydrogen-bond acceptors (Lipinski definition) is 3. The maximum Gasteiger partial charge on any atom is 0.398 e. The van der Waals surface area contributed by atoms with Gasteiger partial charge in [-0.3, -0.25) is 0 Å². The zero-order valence-corrected chi connectivity index (χ0v) is 11.0. The molecule has 0 N–H and O–H groups in total. The van der Waals surface area contributed by atoms with Crippen LogP contribution in [0.15, 0.2) is 60.7 Å². The number of carbonyl (C=O) groups is 1. The van der Waals surface area contributed by atoms with E-state index < -0.39 is 21.8 Å². The number of benzene rings is 2. The van der Waals surface area contributed by atoms with Crippen LogP contribution in [0.1, 0.15) is 12.5 Å². The Hall–Kier alpha value is -1.94. The monoisotopic (exact) mass is 275 g/mol. The molecule has 0 aliphatic heterocycles. The zero-order chi connectivity index (χ0) is 14.4. The minimum atomic E-state index is -2.03. The first-order chi connectivity index (χ1) is 9.68. The van der Waals surface area contributed by atoms with E-state index in [-0.39, 0.29) is 6.61 Å². The second-order valence-electron chi connectivity index (χ2n) is 3.85. The average Bonchev–Trinajstić information content (AvgIpc) is 2.53. The van der Waals surface area contributed by atoms with Gasteiger partial charge in [-0.1, -0.05) is 60.7 Å². The summed E-state index contributed by atoms with van der Waals surface area (Å²) in [7, 11) is -2.03. The van der Waals surface area contributed by atoms with E-state index in [0.29, 0.717) is 5.56 Å². The molecule has 0 amide bonds. The second-order valence-corrected chi connectivity index (χ2v) is 5.01. The van der Waals surface area contributed by atoms with E-state index in [9.17, 15) is 9.00 Å². The highest BCUT2D eigenvalue weighted by Gasteiger charge is 2.13. The van der Waals surface area contributed by atoms with Gasteiger partial charge in [0.2, 0.25) is 0 Å². The Morgan fingerprint density at radius 2 is 1.53 bits per heavy atom. The minimum Gasteiger partial charge on any atom is -0.451 e. The molecule has 2 unspecified atom stereocenters. The Balaban J connectivity index is 1.94. The first kappa shape index (κ1) is 12.1. The molecule has 0 fully saturated rings. The van der Waals surface area contributed by atoms with Gasteiger partial charge < -0.3 is 4.74 Å². The van der Waals surface area contributed by atoms with Crippen LogP contribution in [0.2, 0.25) is 0 Å². The summed E-state index contributed by atoms with van der Waals surface area (Å²) < 4.78 is 24.7. The fourth-order valence-electron chi connectivity index (χ4n) is 1.48. The highest BCUT2D eigenvalue weighted by atomic mass is 32.2.